The van der Waals surface area contributed by atoms with Gasteiger partial charge in [-0.1, -0.05) is 0 Å². The molecule has 0 N–H and O–H groups in total. The molecule has 0 bridgehead atoms. The number of nitrogens with zero attached hydrogens (tertiary/aromatic N) is 3. The van der Waals surface area contributed by atoms with Crippen LogP contribution in [0.5, 0.6) is 5.75 Å². The number of piperazine rings is 1. The SMILES string of the molecule is O=C(c1ccc(OC(F)(F)F)cc1)N1CCN(c2ccncc2)CC1. The van der Waals surface area contributed by atoms with E-state index >= 15 is 0 Å². The van der Waals surface area contributed by atoms with E-state index < -0.39 is 6.36 Å². The summed E-state index contributed by atoms with van der Waals surface area (Å²) >= 11 is 0. The van der Waals surface area contributed by atoms with Crippen molar-refractivity contribution in [1.82, 2.24) is 9.88 Å². The quantitative estimate of drug-likeness (QED) is 0.853. The van der Waals surface area contributed by atoms with Crippen LogP contribution in [0, 0.1) is 0 Å². The third-order valence-corrected chi connectivity index (χ3v) is 3.93. The van der Waals surface area contributed by atoms with E-state index in [2.05, 4.69) is 14.6 Å². The monoisotopic (exact) mass is 351 g/mol. The number of amides is 1. The molecule has 5 nitrogen and oxygen atoms in total. The van der Waals surface area contributed by atoms with Gasteiger partial charge in [0.25, 0.3) is 5.91 Å². The van der Waals surface area contributed by atoms with Crippen LogP contribution in [0.15, 0.2) is 48.8 Å². The van der Waals surface area contributed by atoms with E-state index in [1.807, 2.05) is 12.1 Å². The number of carbonyl (C=O) groups excluding carboxylic acids is 1. The number of hydrogen-bond donors (Lipinski definition) is 0. The van der Waals surface area contributed by atoms with E-state index in [-0.39, 0.29) is 11.7 Å². The minimum atomic E-state index is -4.74. The first-order valence-electron chi connectivity index (χ1n) is 7.72. The van der Waals surface area contributed by atoms with Crippen LogP contribution in [0.1, 0.15) is 10.4 Å². The number of aromatic nitrogens is 1. The molecule has 0 spiro atoms. The van der Waals surface area contributed by atoms with Gasteiger partial charge in [0, 0.05) is 49.8 Å². The van der Waals surface area contributed by atoms with Crippen LogP contribution in [0.3, 0.4) is 0 Å². The Morgan fingerprint density at radius 1 is 0.960 bits per heavy atom. The van der Waals surface area contributed by atoms with E-state index in [1.54, 1.807) is 17.3 Å². The second kappa shape index (κ2) is 7.00. The lowest BCUT2D eigenvalue weighted by molar-refractivity contribution is -0.274. The Bertz CT molecular complexity index is 712. The van der Waals surface area contributed by atoms with Crippen molar-refractivity contribution in [2.45, 2.75) is 6.36 Å². The highest BCUT2D eigenvalue weighted by Crippen LogP contribution is 2.23. The lowest BCUT2D eigenvalue weighted by Gasteiger charge is -2.36. The second-order valence-electron chi connectivity index (χ2n) is 5.56. The number of alkyl halides is 3. The fourth-order valence-corrected chi connectivity index (χ4v) is 2.70. The normalized spacial score (nSPS) is 15.2. The number of halogens is 3. The van der Waals surface area contributed by atoms with Gasteiger partial charge in [0.1, 0.15) is 5.75 Å². The lowest BCUT2D eigenvalue weighted by Crippen LogP contribution is -2.48. The molecule has 1 amide bonds. The molecule has 8 heteroatoms. The van der Waals surface area contributed by atoms with Gasteiger partial charge in [0.15, 0.2) is 0 Å². The molecule has 0 unspecified atom stereocenters. The average molecular weight is 351 g/mol. The predicted octanol–water partition coefficient (Wildman–Crippen LogP) is 2.94. The summed E-state index contributed by atoms with van der Waals surface area (Å²) in [5.74, 6) is -0.542. The summed E-state index contributed by atoms with van der Waals surface area (Å²) in [6.45, 7) is 2.46. The zero-order valence-corrected chi connectivity index (χ0v) is 13.2. The maximum atomic E-state index is 12.5. The Kier molecular flexibility index (Phi) is 4.78. The van der Waals surface area contributed by atoms with E-state index in [0.717, 1.165) is 17.8 Å². The van der Waals surface area contributed by atoms with Crippen molar-refractivity contribution in [3.63, 3.8) is 0 Å². The van der Waals surface area contributed by atoms with Gasteiger partial charge in [0.2, 0.25) is 0 Å². The topological polar surface area (TPSA) is 45.7 Å². The van der Waals surface area contributed by atoms with Gasteiger partial charge in [0.05, 0.1) is 0 Å². The van der Waals surface area contributed by atoms with Crippen molar-refractivity contribution in [1.29, 1.82) is 0 Å². The van der Waals surface area contributed by atoms with Gasteiger partial charge in [-0.05, 0) is 36.4 Å². The second-order valence-corrected chi connectivity index (χ2v) is 5.56. The minimum absolute atomic E-state index is 0.201. The van der Waals surface area contributed by atoms with Gasteiger partial charge < -0.3 is 14.5 Å². The van der Waals surface area contributed by atoms with Crippen molar-refractivity contribution in [3.8, 4) is 5.75 Å². The van der Waals surface area contributed by atoms with Crippen LogP contribution >= 0.6 is 0 Å². The largest absolute Gasteiger partial charge is 0.573 e. The summed E-state index contributed by atoms with van der Waals surface area (Å²) in [4.78, 5) is 20.3. The maximum absolute atomic E-state index is 12.5. The molecule has 2 aromatic rings. The summed E-state index contributed by atoms with van der Waals surface area (Å²) in [5.41, 5.74) is 1.39. The Balaban J connectivity index is 1.59. The third kappa shape index (κ3) is 4.40. The maximum Gasteiger partial charge on any atom is 0.573 e. The van der Waals surface area contributed by atoms with Crippen LogP contribution in [0.4, 0.5) is 18.9 Å². The highest BCUT2D eigenvalue weighted by Gasteiger charge is 2.31. The van der Waals surface area contributed by atoms with Crippen LogP contribution in [0.2, 0.25) is 0 Å². The Morgan fingerprint density at radius 2 is 1.56 bits per heavy atom. The summed E-state index contributed by atoms with van der Waals surface area (Å²) in [6, 6.07) is 8.81. The molecule has 2 heterocycles. The van der Waals surface area contributed by atoms with E-state index in [1.165, 1.54) is 12.1 Å². The fourth-order valence-electron chi connectivity index (χ4n) is 2.70. The minimum Gasteiger partial charge on any atom is -0.406 e. The number of ether oxygens (including phenoxy) is 1. The number of benzene rings is 1. The number of rotatable bonds is 3. The highest BCUT2D eigenvalue weighted by atomic mass is 19.4. The van der Waals surface area contributed by atoms with Crippen LogP contribution in [-0.4, -0.2) is 48.3 Å². The molecule has 3 rings (SSSR count). The Labute approximate surface area is 142 Å². The number of anilines is 1. The molecule has 1 fully saturated rings. The molecule has 0 atom stereocenters. The van der Waals surface area contributed by atoms with Crippen molar-refractivity contribution >= 4 is 11.6 Å². The molecular formula is C17H16F3N3O2. The summed E-state index contributed by atoms with van der Waals surface area (Å²) < 4.78 is 40.3. The molecule has 25 heavy (non-hydrogen) atoms. The van der Waals surface area contributed by atoms with Gasteiger partial charge in [-0.3, -0.25) is 9.78 Å². The van der Waals surface area contributed by atoms with E-state index in [4.69, 9.17) is 0 Å². The zero-order chi connectivity index (χ0) is 17.9. The summed E-state index contributed by atoms with van der Waals surface area (Å²) in [6.07, 6.45) is -1.30. The summed E-state index contributed by atoms with van der Waals surface area (Å²) in [7, 11) is 0. The molecule has 1 aliphatic heterocycles. The number of hydrogen-bond acceptors (Lipinski definition) is 4. The molecule has 132 valence electrons. The standard InChI is InChI=1S/C17H16F3N3O2/c18-17(19,20)25-15-3-1-13(2-4-15)16(24)23-11-9-22(10-12-23)14-5-7-21-8-6-14/h1-8H,9-12H2. The van der Waals surface area contributed by atoms with Crippen molar-refractivity contribution in [2.24, 2.45) is 0 Å². The first-order valence-corrected chi connectivity index (χ1v) is 7.72. The van der Waals surface area contributed by atoms with Crippen molar-refractivity contribution in [3.05, 3.63) is 54.4 Å². The molecular weight excluding hydrogens is 335 g/mol. The predicted molar refractivity (Wildman–Crippen MR) is 85.5 cm³/mol. The molecule has 0 radical (unpaired) electrons. The number of pyridine rings is 1. The fraction of sp³-hybridized carbons (Fsp3) is 0.294. The summed E-state index contributed by atoms with van der Waals surface area (Å²) in [5, 5.41) is 0. The third-order valence-electron chi connectivity index (χ3n) is 3.93. The van der Waals surface area contributed by atoms with Gasteiger partial charge in [-0.25, -0.2) is 0 Å². The Hall–Kier alpha value is -2.77. The highest BCUT2D eigenvalue weighted by molar-refractivity contribution is 5.94. The lowest BCUT2D eigenvalue weighted by atomic mass is 10.1. The Morgan fingerprint density at radius 3 is 2.12 bits per heavy atom. The van der Waals surface area contributed by atoms with E-state index in [9.17, 15) is 18.0 Å². The molecule has 1 aromatic carbocycles. The molecule has 1 aromatic heterocycles. The van der Waals surface area contributed by atoms with Gasteiger partial charge in [-0.2, -0.15) is 0 Å². The number of carbonyl (C=O) groups is 1. The van der Waals surface area contributed by atoms with Gasteiger partial charge in [-0.15, -0.1) is 13.2 Å². The molecule has 0 saturated carbocycles. The van der Waals surface area contributed by atoms with Crippen LogP contribution in [-0.2, 0) is 0 Å². The average Bonchev–Trinajstić information content (AvgIpc) is 2.61. The zero-order valence-electron chi connectivity index (χ0n) is 13.2. The first-order chi connectivity index (χ1) is 11.9. The van der Waals surface area contributed by atoms with Crippen LogP contribution in [0.25, 0.3) is 0 Å². The molecule has 1 aliphatic rings. The molecule has 1 saturated heterocycles. The van der Waals surface area contributed by atoms with Crippen molar-refractivity contribution in [2.75, 3.05) is 31.1 Å². The van der Waals surface area contributed by atoms with E-state index in [0.29, 0.717) is 31.7 Å². The smallest absolute Gasteiger partial charge is 0.406 e. The van der Waals surface area contributed by atoms with Crippen LogP contribution < -0.4 is 9.64 Å². The van der Waals surface area contributed by atoms with Gasteiger partial charge >= 0.3 is 6.36 Å². The first kappa shape index (κ1) is 17.1. The molecule has 0 aliphatic carbocycles. The van der Waals surface area contributed by atoms with Crippen molar-refractivity contribution < 1.29 is 22.7 Å².